The molecular formula is C12H15O. The van der Waals surface area contributed by atoms with Crippen molar-refractivity contribution in [3.8, 4) is 5.75 Å². The number of hydrogen-bond acceptors (Lipinski definition) is 0. The van der Waals surface area contributed by atoms with Crippen molar-refractivity contribution in [3.05, 3.63) is 35.9 Å². The zero-order valence-electron chi connectivity index (χ0n) is 7.99. The topological polar surface area (TPSA) is 19.9 Å². The smallest absolute Gasteiger partial charge is 0.185 e. The fraction of sp³-hybridized carbons (Fsp3) is 0.333. The van der Waals surface area contributed by atoms with E-state index in [9.17, 15) is 5.11 Å². The first kappa shape index (κ1) is 9.85. The van der Waals surface area contributed by atoms with Crippen LogP contribution in [0.3, 0.4) is 0 Å². The molecule has 0 spiro atoms. The maximum atomic E-state index is 11.2. The molecule has 0 amide bonds. The summed E-state index contributed by atoms with van der Waals surface area (Å²) in [7, 11) is 0. The highest BCUT2D eigenvalue weighted by molar-refractivity contribution is 5.56. The Kier molecular flexibility index (Phi) is 4.10. The Morgan fingerprint density at radius 3 is 2.77 bits per heavy atom. The quantitative estimate of drug-likeness (QED) is 0.615. The second kappa shape index (κ2) is 5.41. The Bertz CT molecular complexity index is 276. The SMILES string of the molecule is CCCC/C=C/c1ccccc1[O]. The van der Waals surface area contributed by atoms with Crippen molar-refractivity contribution in [2.45, 2.75) is 26.2 Å². The third-order valence-electron chi connectivity index (χ3n) is 1.94. The van der Waals surface area contributed by atoms with Gasteiger partial charge in [0.05, 0.1) is 0 Å². The van der Waals surface area contributed by atoms with Gasteiger partial charge in [-0.25, -0.2) is 0 Å². The fourth-order valence-corrected chi connectivity index (χ4v) is 1.15. The van der Waals surface area contributed by atoms with Crippen LogP contribution in [-0.2, 0) is 5.11 Å². The van der Waals surface area contributed by atoms with Gasteiger partial charge in [0.1, 0.15) is 0 Å². The molecule has 0 aliphatic carbocycles. The summed E-state index contributed by atoms with van der Waals surface area (Å²) in [5, 5.41) is 11.2. The van der Waals surface area contributed by atoms with Crippen LogP contribution in [-0.4, -0.2) is 0 Å². The van der Waals surface area contributed by atoms with Crippen molar-refractivity contribution in [2.75, 3.05) is 0 Å². The lowest BCUT2D eigenvalue weighted by Crippen LogP contribution is -1.72. The highest BCUT2D eigenvalue weighted by Crippen LogP contribution is 2.18. The second-order valence-electron chi connectivity index (χ2n) is 3.08. The molecule has 0 fully saturated rings. The predicted molar refractivity (Wildman–Crippen MR) is 55.1 cm³/mol. The van der Waals surface area contributed by atoms with Gasteiger partial charge in [-0.05, 0) is 12.5 Å². The molecule has 0 heterocycles. The molecule has 0 aromatic heterocycles. The first-order valence-electron chi connectivity index (χ1n) is 4.77. The van der Waals surface area contributed by atoms with Crippen LogP contribution in [0.1, 0.15) is 31.7 Å². The van der Waals surface area contributed by atoms with Gasteiger partial charge in [-0.3, -0.25) is 5.11 Å². The molecule has 0 unspecified atom stereocenters. The summed E-state index contributed by atoms with van der Waals surface area (Å²) < 4.78 is 0. The van der Waals surface area contributed by atoms with E-state index in [-0.39, 0.29) is 5.75 Å². The van der Waals surface area contributed by atoms with Crippen molar-refractivity contribution in [2.24, 2.45) is 0 Å². The summed E-state index contributed by atoms with van der Waals surface area (Å²) in [4.78, 5) is 0. The first-order valence-corrected chi connectivity index (χ1v) is 4.77. The van der Waals surface area contributed by atoms with Crippen LogP contribution in [0.2, 0.25) is 0 Å². The van der Waals surface area contributed by atoms with Crippen molar-refractivity contribution in [1.29, 1.82) is 0 Å². The molecular weight excluding hydrogens is 160 g/mol. The summed E-state index contributed by atoms with van der Waals surface area (Å²) in [5.41, 5.74) is 0.790. The maximum absolute atomic E-state index is 11.2. The van der Waals surface area contributed by atoms with Gasteiger partial charge in [-0.1, -0.05) is 50.1 Å². The van der Waals surface area contributed by atoms with E-state index < -0.39 is 0 Å². The lowest BCUT2D eigenvalue weighted by molar-refractivity contribution is 0.354. The average molecular weight is 175 g/mol. The van der Waals surface area contributed by atoms with E-state index in [0.717, 1.165) is 12.0 Å². The lowest BCUT2D eigenvalue weighted by Gasteiger charge is -1.94. The van der Waals surface area contributed by atoms with Gasteiger partial charge >= 0.3 is 0 Å². The Balaban J connectivity index is 2.53. The van der Waals surface area contributed by atoms with Crippen LogP contribution in [0, 0.1) is 0 Å². The normalized spacial score (nSPS) is 10.8. The Hall–Kier alpha value is -1.24. The Morgan fingerprint density at radius 1 is 1.31 bits per heavy atom. The van der Waals surface area contributed by atoms with E-state index >= 15 is 0 Å². The molecule has 13 heavy (non-hydrogen) atoms. The van der Waals surface area contributed by atoms with Crippen LogP contribution < -0.4 is 0 Å². The molecule has 0 saturated heterocycles. The van der Waals surface area contributed by atoms with Crippen LogP contribution in [0.15, 0.2) is 30.3 Å². The largest absolute Gasteiger partial charge is 0.289 e. The summed E-state index contributed by atoms with van der Waals surface area (Å²) in [5.74, 6) is 0.107. The molecule has 0 saturated carbocycles. The molecule has 0 bridgehead atoms. The van der Waals surface area contributed by atoms with Crippen LogP contribution in [0.5, 0.6) is 5.75 Å². The number of hydrogen-bond donors (Lipinski definition) is 0. The molecule has 0 N–H and O–H groups in total. The van der Waals surface area contributed by atoms with Crippen LogP contribution in [0.4, 0.5) is 0 Å². The molecule has 69 valence electrons. The second-order valence-corrected chi connectivity index (χ2v) is 3.08. The van der Waals surface area contributed by atoms with Gasteiger partial charge in [-0.2, -0.15) is 0 Å². The molecule has 1 aromatic rings. The molecule has 1 nitrogen and oxygen atoms in total. The number of unbranched alkanes of at least 4 members (excludes halogenated alkanes) is 2. The minimum atomic E-state index is 0.107. The minimum absolute atomic E-state index is 0.107. The van der Waals surface area contributed by atoms with Gasteiger partial charge in [0.25, 0.3) is 0 Å². The van der Waals surface area contributed by atoms with Crippen molar-refractivity contribution in [1.82, 2.24) is 0 Å². The standard InChI is InChI=1S/C12H15O/c1-2-3-4-5-8-11-9-6-7-10-12(11)13/h5-10H,2-4H2,1H3/b8-5+. The number of benzene rings is 1. The van der Waals surface area contributed by atoms with Gasteiger partial charge in [0.15, 0.2) is 5.75 Å². The van der Waals surface area contributed by atoms with Crippen molar-refractivity contribution >= 4 is 6.08 Å². The molecule has 1 aromatic carbocycles. The Labute approximate surface area is 79.7 Å². The zero-order chi connectivity index (χ0) is 9.52. The number of rotatable bonds is 4. The summed E-state index contributed by atoms with van der Waals surface area (Å²) in [6.07, 6.45) is 7.43. The monoisotopic (exact) mass is 175 g/mol. The van der Waals surface area contributed by atoms with Gasteiger partial charge in [0.2, 0.25) is 0 Å². The number of allylic oxidation sites excluding steroid dienone is 1. The molecule has 0 aliphatic rings. The van der Waals surface area contributed by atoms with E-state index in [0.29, 0.717) is 0 Å². The molecule has 0 atom stereocenters. The van der Waals surface area contributed by atoms with Crippen molar-refractivity contribution < 1.29 is 5.11 Å². The lowest BCUT2D eigenvalue weighted by atomic mass is 10.1. The fourth-order valence-electron chi connectivity index (χ4n) is 1.15. The predicted octanol–water partition coefficient (Wildman–Crippen LogP) is 4.03. The maximum Gasteiger partial charge on any atom is 0.185 e. The van der Waals surface area contributed by atoms with Gasteiger partial charge in [-0.15, -0.1) is 0 Å². The van der Waals surface area contributed by atoms with E-state index in [2.05, 4.69) is 13.0 Å². The van der Waals surface area contributed by atoms with Crippen LogP contribution in [0.25, 0.3) is 6.08 Å². The number of para-hydroxylation sites is 1. The third-order valence-corrected chi connectivity index (χ3v) is 1.94. The zero-order valence-corrected chi connectivity index (χ0v) is 7.99. The van der Waals surface area contributed by atoms with Gasteiger partial charge < -0.3 is 0 Å². The summed E-state index contributed by atoms with van der Waals surface area (Å²) >= 11 is 0. The molecule has 1 radical (unpaired) electrons. The molecule has 1 rings (SSSR count). The summed E-state index contributed by atoms with van der Waals surface area (Å²) in [6.45, 7) is 2.16. The van der Waals surface area contributed by atoms with E-state index in [1.54, 1.807) is 12.1 Å². The summed E-state index contributed by atoms with van der Waals surface area (Å²) in [6, 6.07) is 7.11. The van der Waals surface area contributed by atoms with E-state index in [1.807, 2.05) is 18.2 Å². The minimum Gasteiger partial charge on any atom is -0.289 e. The average Bonchev–Trinajstić information content (AvgIpc) is 2.15. The third kappa shape index (κ3) is 3.32. The molecule has 1 heteroatoms. The van der Waals surface area contributed by atoms with Gasteiger partial charge in [0, 0.05) is 5.56 Å². The Morgan fingerprint density at radius 2 is 2.08 bits per heavy atom. The van der Waals surface area contributed by atoms with E-state index in [4.69, 9.17) is 0 Å². The molecule has 0 aliphatic heterocycles. The first-order chi connectivity index (χ1) is 6.34. The van der Waals surface area contributed by atoms with Crippen molar-refractivity contribution in [3.63, 3.8) is 0 Å². The van der Waals surface area contributed by atoms with E-state index in [1.165, 1.54) is 12.8 Å². The van der Waals surface area contributed by atoms with Crippen LogP contribution >= 0.6 is 0 Å². The highest BCUT2D eigenvalue weighted by atomic mass is 16.3. The highest BCUT2D eigenvalue weighted by Gasteiger charge is 1.94.